The first-order valence-electron chi connectivity index (χ1n) is 12.2. The third-order valence-corrected chi connectivity index (χ3v) is 6.70. The van der Waals surface area contributed by atoms with Gasteiger partial charge in [0.15, 0.2) is 0 Å². The van der Waals surface area contributed by atoms with E-state index in [1.165, 1.54) is 6.07 Å². The van der Waals surface area contributed by atoms with Crippen molar-refractivity contribution in [3.8, 4) is 0 Å². The molecular weight excluding hydrogens is 435 g/mol. The van der Waals surface area contributed by atoms with Crippen LogP contribution in [0, 0.1) is 11.7 Å². The molecule has 1 N–H and O–H groups in total. The average molecular weight is 469 g/mol. The summed E-state index contributed by atoms with van der Waals surface area (Å²) < 4.78 is 16.1. The van der Waals surface area contributed by atoms with Gasteiger partial charge in [-0.15, -0.1) is 0 Å². The molecule has 4 rings (SSSR count). The molecule has 1 saturated carbocycles. The zero-order valence-electron chi connectivity index (χ0n) is 19.9. The van der Waals surface area contributed by atoms with Gasteiger partial charge in [0.05, 0.1) is 5.69 Å². The Hall–Kier alpha value is -3.16. The summed E-state index contributed by atoms with van der Waals surface area (Å²) in [6.07, 6.45) is 7.35. The van der Waals surface area contributed by atoms with Gasteiger partial charge < -0.3 is 19.7 Å². The fourth-order valence-electron chi connectivity index (χ4n) is 4.75. The van der Waals surface area contributed by atoms with Gasteiger partial charge in [0.25, 0.3) is 11.8 Å². The highest BCUT2D eigenvalue weighted by Gasteiger charge is 2.28. The number of nitrogens with one attached hydrogen (secondary N) is 1. The number of benzene rings is 1. The number of nitrogens with zero attached hydrogens (tertiary/aromatic N) is 3. The molecule has 2 amide bonds. The van der Waals surface area contributed by atoms with Crippen molar-refractivity contribution in [3.63, 3.8) is 0 Å². The molecule has 0 unspecified atom stereocenters. The van der Waals surface area contributed by atoms with E-state index < -0.39 is 11.3 Å². The van der Waals surface area contributed by atoms with Crippen molar-refractivity contribution in [2.24, 2.45) is 5.92 Å². The number of rotatable bonds is 6. The molecule has 34 heavy (non-hydrogen) atoms. The first kappa shape index (κ1) is 24.0. The zero-order chi connectivity index (χ0) is 24.2. The Morgan fingerprint density at radius 2 is 1.68 bits per heavy atom. The molecule has 0 spiro atoms. The van der Waals surface area contributed by atoms with Crippen LogP contribution in [0.4, 0.5) is 10.1 Å². The first-order chi connectivity index (χ1) is 16.3. The number of carbonyl (C=O) groups excluding carboxylic acids is 2. The Labute approximate surface area is 199 Å². The van der Waals surface area contributed by atoms with Crippen LogP contribution in [-0.2, 0) is 0 Å². The number of para-hydroxylation sites is 1. The van der Waals surface area contributed by atoms with E-state index in [-0.39, 0.29) is 34.8 Å². The molecule has 2 heterocycles. The van der Waals surface area contributed by atoms with Gasteiger partial charge in [-0.05, 0) is 30.9 Å². The normalized spacial score (nSPS) is 16.8. The summed E-state index contributed by atoms with van der Waals surface area (Å²) in [4.78, 5) is 43.0. The molecule has 1 aromatic heterocycles. The Bertz CT molecular complexity index is 1100. The van der Waals surface area contributed by atoms with Crippen molar-refractivity contribution in [1.29, 1.82) is 0 Å². The van der Waals surface area contributed by atoms with Crippen LogP contribution in [0.5, 0.6) is 0 Å². The van der Waals surface area contributed by atoms with E-state index in [9.17, 15) is 18.8 Å². The second-order valence-corrected chi connectivity index (χ2v) is 9.63. The maximum atomic E-state index is 14.2. The predicted molar refractivity (Wildman–Crippen MR) is 130 cm³/mol. The van der Waals surface area contributed by atoms with Crippen LogP contribution in [0.15, 0.2) is 41.5 Å². The van der Waals surface area contributed by atoms with E-state index in [2.05, 4.69) is 5.32 Å². The maximum absolute atomic E-state index is 14.2. The number of hydrogen-bond donors (Lipinski definition) is 1. The molecule has 2 aliphatic rings. The molecular formula is C26H33FN4O3. The monoisotopic (exact) mass is 468 g/mol. The molecule has 0 atom stereocenters. The topological polar surface area (TPSA) is 74.7 Å². The Kier molecular flexibility index (Phi) is 7.34. The van der Waals surface area contributed by atoms with Gasteiger partial charge in [-0.2, -0.15) is 0 Å². The lowest BCUT2D eigenvalue weighted by molar-refractivity contribution is 0.0744. The van der Waals surface area contributed by atoms with E-state index in [0.717, 1.165) is 25.7 Å². The minimum absolute atomic E-state index is 0.0170. The second-order valence-electron chi connectivity index (χ2n) is 9.63. The zero-order valence-corrected chi connectivity index (χ0v) is 19.9. The van der Waals surface area contributed by atoms with Crippen LogP contribution < -0.4 is 15.6 Å². The number of carbonyl (C=O) groups is 2. The fraction of sp³-hybridized carbons (Fsp3) is 0.500. The maximum Gasteiger partial charge on any atom is 0.259 e. The molecule has 2 aromatic rings. The predicted octanol–water partition coefficient (Wildman–Crippen LogP) is 3.45. The van der Waals surface area contributed by atoms with Crippen molar-refractivity contribution in [2.45, 2.75) is 45.6 Å². The van der Waals surface area contributed by atoms with Gasteiger partial charge in [0.2, 0.25) is 5.43 Å². The quantitative estimate of drug-likeness (QED) is 0.705. The number of hydrogen-bond acceptors (Lipinski definition) is 4. The number of amides is 2. The van der Waals surface area contributed by atoms with Gasteiger partial charge in [-0.1, -0.05) is 38.8 Å². The minimum atomic E-state index is -0.531. The highest BCUT2D eigenvalue weighted by molar-refractivity contribution is 5.99. The van der Waals surface area contributed by atoms with E-state index in [4.69, 9.17) is 0 Å². The highest BCUT2D eigenvalue weighted by Crippen LogP contribution is 2.29. The van der Waals surface area contributed by atoms with Crippen LogP contribution in [0.1, 0.15) is 66.3 Å². The summed E-state index contributed by atoms with van der Waals surface area (Å²) in [6, 6.07) is 6.78. The molecule has 1 aromatic carbocycles. The summed E-state index contributed by atoms with van der Waals surface area (Å²) in [7, 11) is 0. The number of halogens is 1. The van der Waals surface area contributed by atoms with Crippen molar-refractivity contribution in [2.75, 3.05) is 37.6 Å². The summed E-state index contributed by atoms with van der Waals surface area (Å²) in [5, 5.41) is 2.81. The summed E-state index contributed by atoms with van der Waals surface area (Å²) in [5.74, 6) is -0.855. The molecule has 1 aliphatic heterocycles. The largest absolute Gasteiger partial charge is 0.366 e. The highest BCUT2D eigenvalue weighted by atomic mass is 19.1. The molecule has 0 radical (unpaired) electrons. The van der Waals surface area contributed by atoms with Crippen molar-refractivity contribution in [1.82, 2.24) is 14.8 Å². The number of anilines is 1. The van der Waals surface area contributed by atoms with E-state index >= 15 is 0 Å². The Morgan fingerprint density at radius 3 is 2.32 bits per heavy atom. The lowest BCUT2D eigenvalue weighted by Crippen LogP contribution is -2.50. The minimum Gasteiger partial charge on any atom is -0.366 e. The molecule has 8 heteroatoms. The summed E-state index contributed by atoms with van der Waals surface area (Å²) in [5.41, 5.74) is 0.0332. The molecule has 1 saturated heterocycles. The number of piperazine rings is 1. The van der Waals surface area contributed by atoms with E-state index in [0.29, 0.717) is 38.4 Å². The SMILES string of the molecule is CC(C)CNC(=O)c1cn(C2CCCC2)cc(C(=O)N2CCN(c3ccccc3F)CC2)c1=O. The van der Waals surface area contributed by atoms with E-state index in [1.54, 1.807) is 35.5 Å². The van der Waals surface area contributed by atoms with Crippen LogP contribution in [0.3, 0.4) is 0 Å². The van der Waals surface area contributed by atoms with Gasteiger partial charge in [-0.3, -0.25) is 14.4 Å². The third kappa shape index (κ3) is 5.16. The lowest BCUT2D eigenvalue weighted by atomic mass is 10.1. The van der Waals surface area contributed by atoms with Crippen molar-refractivity contribution < 1.29 is 14.0 Å². The van der Waals surface area contributed by atoms with Crippen molar-refractivity contribution >= 4 is 17.5 Å². The number of aromatic nitrogens is 1. The van der Waals surface area contributed by atoms with Gasteiger partial charge >= 0.3 is 0 Å². The molecule has 1 aliphatic carbocycles. The molecule has 182 valence electrons. The standard InChI is InChI=1S/C26H33FN4O3/c1-18(2)15-28-25(33)20-16-31(19-7-3-4-8-19)17-21(24(20)32)26(34)30-13-11-29(12-14-30)23-10-6-5-9-22(23)27/h5-6,9-10,16-19H,3-4,7-8,11-15H2,1-2H3,(H,28,33). The molecule has 0 bridgehead atoms. The van der Waals surface area contributed by atoms with Crippen LogP contribution in [0.2, 0.25) is 0 Å². The third-order valence-electron chi connectivity index (χ3n) is 6.70. The average Bonchev–Trinajstić information content (AvgIpc) is 3.38. The smallest absolute Gasteiger partial charge is 0.259 e. The molecule has 7 nitrogen and oxygen atoms in total. The molecule has 2 fully saturated rings. The van der Waals surface area contributed by atoms with E-state index in [1.807, 2.05) is 23.3 Å². The summed E-state index contributed by atoms with van der Waals surface area (Å²) >= 11 is 0. The van der Waals surface area contributed by atoms with Crippen LogP contribution in [0.25, 0.3) is 0 Å². The second kappa shape index (κ2) is 10.4. The van der Waals surface area contributed by atoms with Crippen LogP contribution in [-0.4, -0.2) is 54.0 Å². The number of pyridine rings is 1. The summed E-state index contributed by atoms with van der Waals surface area (Å²) in [6.45, 7) is 6.11. The van der Waals surface area contributed by atoms with Crippen molar-refractivity contribution in [3.05, 3.63) is 63.8 Å². The van der Waals surface area contributed by atoms with Gasteiger partial charge in [0.1, 0.15) is 16.9 Å². The van der Waals surface area contributed by atoms with Gasteiger partial charge in [0, 0.05) is 51.2 Å². The van der Waals surface area contributed by atoms with Gasteiger partial charge in [-0.25, -0.2) is 4.39 Å². The fourth-order valence-corrected chi connectivity index (χ4v) is 4.75. The Balaban J connectivity index is 1.57. The first-order valence-corrected chi connectivity index (χ1v) is 12.2. The lowest BCUT2D eigenvalue weighted by Gasteiger charge is -2.36. The Morgan fingerprint density at radius 1 is 1.03 bits per heavy atom. The van der Waals surface area contributed by atoms with Crippen LogP contribution >= 0.6 is 0 Å².